The molecule has 0 bridgehead atoms. The molecule has 166 valence electrons. The second-order valence-electron chi connectivity index (χ2n) is 7.03. The van der Waals surface area contributed by atoms with Gasteiger partial charge in [0.05, 0.1) is 25.3 Å². The Morgan fingerprint density at radius 3 is 2.65 bits per heavy atom. The van der Waals surface area contributed by atoms with Gasteiger partial charge in [-0.25, -0.2) is 8.78 Å². The maximum atomic E-state index is 13.6. The van der Waals surface area contributed by atoms with Gasteiger partial charge in [0.2, 0.25) is 5.91 Å². The third-order valence-corrected chi connectivity index (χ3v) is 4.75. The van der Waals surface area contributed by atoms with E-state index in [1.54, 1.807) is 0 Å². The molecule has 0 saturated carbocycles. The summed E-state index contributed by atoms with van der Waals surface area (Å²) in [6.45, 7) is 4.59. The van der Waals surface area contributed by atoms with Gasteiger partial charge in [-0.3, -0.25) is 14.5 Å². The van der Waals surface area contributed by atoms with Crippen molar-refractivity contribution < 1.29 is 27.8 Å². The highest BCUT2D eigenvalue weighted by atomic mass is 19.1. The maximum absolute atomic E-state index is 13.6. The van der Waals surface area contributed by atoms with Crippen molar-refractivity contribution in [3.8, 4) is 5.75 Å². The van der Waals surface area contributed by atoms with Gasteiger partial charge in [0, 0.05) is 32.2 Å². The Morgan fingerprint density at radius 1 is 1.06 bits per heavy atom. The summed E-state index contributed by atoms with van der Waals surface area (Å²) in [6.07, 6.45) is 0. The molecule has 31 heavy (non-hydrogen) atoms. The number of hydrogen-bond donors (Lipinski definition) is 2. The van der Waals surface area contributed by atoms with Crippen molar-refractivity contribution in [3.63, 3.8) is 0 Å². The van der Waals surface area contributed by atoms with Crippen LogP contribution in [0, 0.1) is 11.6 Å². The highest BCUT2D eigenvalue weighted by Crippen LogP contribution is 2.13. The molecule has 1 saturated heterocycles. The molecule has 1 heterocycles. The monoisotopic (exact) mass is 433 g/mol. The zero-order valence-corrected chi connectivity index (χ0v) is 17.0. The van der Waals surface area contributed by atoms with Crippen LogP contribution in [-0.4, -0.2) is 62.7 Å². The molecule has 0 radical (unpaired) electrons. The molecule has 3 rings (SSSR count). The lowest BCUT2D eigenvalue weighted by atomic mass is 10.2. The molecule has 1 fully saturated rings. The topological polar surface area (TPSA) is 79.9 Å². The lowest BCUT2D eigenvalue weighted by Gasteiger charge is -2.26. The number of carbonyl (C=O) groups is 2. The van der Waals surface area contributed by atoms with Crippen molar-refractivity contribution in [1.29, 1.82) is 0 Å². The lowest BCUT2D eigenvalue weighted by molar-refractivity contribution is -0.120. The average Bonchev–Trinajstić information content (AvgIpc) is 2.77. The van der Waals surface area contributed by atoms with E-state index in [1.165, 1.54) is 0 Å². The minimum absolute atomic E-state index is 0.250. The summed E-state index contributed by atoms with van der Waals surface area (Å²) < 4.78 is 37.6. The van der Waals surface area contributed by atoms with Crippen LogP contribution in [0.3, 0.4) is 0 Å². The molecule has 2 N–H and O–H groups in total. The van der Waals surface area contributed by atoms with E-state index in [0.29, 0.717) is 18.4 Å². The van der Waals surface area contributed by atoms with Crippen LogP contribution in [0.15, 0.2) is 42.5 Å². The first kappa shape index (κ1) is 22.6. The van der Waals surface area contributed by atoms with Gasteiger partial charge in [0.25, 0.3) is 5.91 Å². The summed E-state index contributed by atoms with van der Waals surface area (Å²) in [7, 11) is 0. The smallest absolute Gasteiger partial charge is 0.254 e. The predicted molar refractivity (Wildman–Crippen MR) is 110 cm³/mol. The molecule has 9 heteroatoms. The highest BCUT2D eigenvalue weighted by Gasteiger charge is 2.13. The first-order valence-corrected chi connectivity index (χ1v) is 10.0. The van der Waals surface area contributed by atoms with Gasteiger partial charge < -0.3 is 20.1 Å². The minimum Gasteiger partial charge on any atom is -0.492 e. The van der Waals surface area contributed by atoms with E-state index in [4.69, 9.17) is 9.47 Å². The number of amides is 2. The van der Waals surface area contributed by atoms with Gasteiger partial charge in [-0.15, -0.1) is 0 Å². The fourth-order valence-electron chi connectivity index (χ4n) is 3.06. The fraction of sp³-hybridized carbons (Fsp3) is 0.364. The fourth-order valence-corrected chi connectivity index (χ4v) is 3.06. The first-order chi connectivity index (χ1) is 15.0. The third kappa shape index (κ3) is 7.30. The van der Waals surface area contributed by atoms with Crippen molar-refractivity contribution in [2.24, 2.45) is 0 Å². The Hall–Kier alpha value is -3.04. The summed E-state index contributed by atoms with van der Waals surface area (Å²) in [4.78, 5) is 26.2. The van der Waals surface area contributed by atoms with Crippen LogP contribution < -0.4 is 15.4 Å². The molecule has 2 aromatic carbocycles. The molecule has 0 aliphatic carbocycles. The normalized spacial score (nSPS) is 14.1. The summed E-state index contributed by atoms with van der Waals surface area (Å²) in [5.41, 5.74) is 0.518. The zero-order valence-electron chi connectivity index (χ0n) is 17.0. The van der Waals surface area contributed by atoms with Gasteiger partial charge in [0.1, 0.15) is 24.0 Å². The average molecular weight is 433 g/mol. The minimum atomic E-state index is -0.983. The van der Waals surface area contributed by atoms with Crippen LogP contribution in [0.25, 0.3) is 0 Å². The summed E-state index contributed by atoms with van der Waals surface area (Å²) >= 11 is 0. The molecule has 0 atom stereocenters. The number of ether oxygens (including phenoxy) is 2. The Morgan fingerprint density at radius 2 is 1.87 bits per heavy atom. The number of benzene rings is 2. The van der Waals surface area contributed by atoms with E-state index in [9.17, 15) is 18.4 Å². The van der Waals surface area contributed by atoms with Crippen LogP contribution in [0.4, 0.5) is 8.78 Å². The van der Waals surface area contributed by atoms with E-state index in [1.807, 2.05) is 24.3 Å². The lowest BCUT2D eigenvalue weighted by Crippen LogP contribution is -2.38. The van der Waals surface area contributed by atoms with Crippen molar-refractivity contribution in [2.75, 3.05) is 46.0 Å². The van der Waals surface area contributed by atoms with E-state index in [2.05, 4.69) is 15.5 Å². The van der Waals surface area contributed by atoms with Crippen LogP contribution in [0.5, 0.6) is 5.75 Å². The van der Waals surface area contributed by atoms with Crippen molar-refractivity contribution in [1.82, 2.24) is 15.5 Å². The third-order valence-electron chi connectivity index (χ3n) is 4.75. The number of rotatable bonds is 9. The molecular weight excluding hydrogens is 408 g/mol. The molecule has 2 amide bonds. The summed E-state index contributed by atoms with van der Waals surface area (Å²) in [5, 5.41) is 4.99. The SMILES string of the molecule is O=C(CNC(=O)c1ccc(F)cc1F)NCc1cccc(OCCN2CCOCC2)c1. The number of nitrogens with one attached hydrogen (secondary N) is 2. The van der Waals surface area contributed by atoms with Crippen molar-refractivity contribution in [2.45, 2.75) is 6.54 Å². The molecule has 2 aromatic rings. The molecule has 0 spiro atoms. The van der Waals surface area contributed by atoms with Crippen molar-refractivity contribution in [3.05, 3.63) is 65.2 Å². The second kappa shape index (κ2) is 11.4. The largest absolute Gasteiger partial charge is 0.492 e. The number of nitrogens with zero attached hydrogens (tertiary/aromatic N) is 1. The van der Waals surface area contributed by atoms with Crippen LogP contribution >= 0.6 is 0 Å². The molecule has 1 aliphatic heterocycles. The first-order valence-electron chi connectivity index (χ1n) is 10.0. The molecule has 0 unspecified atom stereocenters. The Bertz CT molecular complexity index is 904. The second-order valence-corrected chi connectivity index (χ2v) is 7.03. The van der Waals surface area contributed by atoms with Crippen LogP contribution in [-0.2, 0) is 16.1 Å². The van der Waals surface area contributed by atoms with Gasteiger partial charge in [-0.1, -0.05) is 12.1 Å². The van der Waals surface area contributed by atoms with Crippen molar-refractivity contribution >= 4 is 11.8 Å². The zero-order chi connectivity index (χ0) is 22.1. The molecule has 0 aromatic heterocycles. The molecular formula is C22H25F2N3O4. The Balaban J connectivity index is 1.39. The number of morpholine rings is 1. The van der Waals surface area contributed by atoms with Gasteiger partial charge >= 0.3 is 0 Å². The van der Waals surface area contributed by atoms with E-state index < -0.39 is 23.4 Å². The Kier molecular flexibility index (Phi) is 8.31. The standard InChI is InChI=1S/C22H25F2N3O4/c23-17-4-5-19(20(24)13-17)22(29)26-15-21(28)25-14-16-2-1-3-18(12-16)31-11-8-27-6-9-30-10-7-27/h1-5,12-13H,6-11,14-15H2,(H,25,28)(H,26,29). The number of halogens is 2. The summed E-state index contributed by atoms with van der Waals surface area (Å²) in [6, 6.07) is 10.0. The summed E-state index contributed by atoms with van der Waals surface area (Å²) in [5.74, 6) is -2.28. The van der Waals surface area contributed by atoms with Gasteiger partial charge in [0.15, 0.2) is 0 Å². The molecule has 7 nitrogen and oxygen atoms in total. The maximum Gasteiger partial charge on any atom is 0.254 e. The van der Waals surface area contributed by atoms with Gasteiger partial charge in [-0.2, -0.15) is 0 Å². The van der Waals surface area contributed by atoms with Crippen LogP contribution in [0.1, 0.15) is 15.9 Å². The number of hydrogen-bond acceptors (Lipinski definition) is 5. The molecule has 1 aliphatic rings. The van der Waals surface area contributed by atoms with E-state index in [0.717, 1.165) is 50.5 Å². The van der Waals surface area contributed by atoms with Gasteiger partial charge in [-0.05, 0) is 29.8 Å². The quantitative estimate of drug-likeness (QED) is 0.630. The van der Waals surface area contributed by atoms with E-state index >= 15 is 0 Å². The number of carbonyl (C=O) groups excluding carboxylic acids is 2. The highest BCUT2D eigenvalue weighted by molar-refractivity contribution is 5.96. The Labute approximate surface area is 179 Å². The predicted octanol–water partition coefficient (Wildman–Crippen LogP) is 1.72. The van der Waals surface area contributed by atoms with Crippen LogP contribution in [0.2, 0.25) is 0 Å². The van der Waals surface area contributed by atoms with E-state index in [-0.39, 0.29) is 18.7 Å².